The Balaban J connectivity index is 1.87. The Hall–Kier alpha value is -1.86. The van der Waals surface area contributed by atoms with Crippen molar-refractivity contribution in [2.24, 2.45) is 5.84 Å². The SMILES string of the molecule is CC(=O)NC1CCN(Cc2cc(C(=O)NN)co2)C1. The third-order valence-electron chi connectivity index (χ3n) is 3.11. The van der Waals surface area contributed by atoms with Crippen LogP contribution in [0.2, 0.25) is 0 Å². The Bertz CT molecular complexity index is 471. The highest BCUT2D eigenvalue weighted by Gasteiger charge is 2.23. The monoisotopic (exact) mass is 266 g/mol. The highest BCUT2D eigenvalue weighted by molar-refractivity contribution is 5.93. The van der Waals surface area contributed by atoms with Crippen LogP contribution in [0.25, 0.3) is 0 Å². The summed E-state index contributed by atoms with van der Waals surface area (Å²) in [5.74, 6) is 5.38. The third-order valence-corrected chi connectivity index (χ3v) is 3.11. The van der Waals surface area contributed by atoms with Gasteiger partial charge in [-0.1, -0.05) is 0 Å². The van der Waals surface area contributed by atoms with Crippen molar-refractivity contribution >= 4 is 11.8 Å². The van der Waals surface area contributed by atoms with E-state index in [0.717, 1.165) is 19.5 Å². The average Bonchev–Trinajstić information content (AvgIpc) is 2.98. The van der Waals surface area contributed by atoms with Gasteiger partial charge in [-0.25, -0.2) is 5.84 Å². The van der Waals surface area contributed by atoms with Gasteiger partial charge in [-0.2, -0.15) is 0 Å². The summed E-state index contributed by atoms with van der Waals surface area (Å²) in [6.07, 6.45) is 2.31. The van der Waals surface area contributed by atoms with Crippen LogP contribution in [-0.4, -0.2) is 35.8 Å². The van der Waals surface area contributed by atoms with Gasteiger partial charge in [0, 0.05) is 26.1 Å². The largest absolute Gasteiger partial charge is 0.467 e. The first-order chi connectivity index (χ1) is 9.08. The van der Waals surface area contributed by atoms with Crippen LogP contribution in [0.4, 0.5) is 0 Å². The number of nitrogen functional groups attached to an aromatic ring is 1. The summed E-state index contributed by atoms with van der Waals surface area (Å²) in [6, 6.07) is 1.87. The Morgan fingerprint density at radius 3 is 3.05 bits per heavy atom. The van der Waals surface area contributed by atoms with E-state index >= 15 is 0 Å². The van der Waals surface area contributed by atoms with Gasteiger partial charge >= 0.3 is 0 Å². The Labute approximate surface area is 111 Å². The summed E-state index contributed by atoms with van der Waals surface area (Å²) in [6.45, 7) is 3.82. The van der Waals surface area contributed by atoms with E-state index in [1.54, 1.807) is 6.07 Å². The molecule has 1 aliphatic rings. The molecule has 1 fully saturated rings. The molecule has 0 saturated carbocycles. The van der Waals surface area contributed by atoms with E-state index in [4.69, 9.17) is 10.3 Å². The molecule has 0 spiro atoms. The number of likely N-dealkylation sites (tertiary alicyclic amines) is 1. The number of carbonyl (C=O) groups excluding carboxylic acids is 2. The second-order valence-corrected chi connectivity index (χ2v) is 4.70. The van der Waals surface area contributed by atoms with Gasteiger partial charge in [0.15, 0.2) is 0 Å². The fourth-order valence-corrected chi connectivity index (χ4v) is 2.27. The van der Waals surface area contributed by atoms with Gasteiger partial charge in [-0.15, -0.1) is 0 Å². The fourth-order valence-electron chi connectivity index (χ4n) is 2.27. The molecule has 1 aromatic rings. The molecule has 4 N–H and O–H groups in total. The highest BCUT2D eigenvalue weighted by atomic mass is 16.3. The lowest BCUT2D eigenvalue weighted by molar-refractivity contribution is -0.119. The van der Waals surface area contributed by atoms with E-state index in [1.807, 2.05) is 0 Å². The van der Waals surface area contributed by atoms with E-state index in [2.05, 4.69) is 15.6 Å². The highest BCUT2D eigenvalue weighted by Crippen LogP contribution is 2.15. The van der Waals surface area contributed by atoms with E-state index in [0.29, 0.717) is 17.9 Å². The first-order valence-corrected chi connectivity index (χ1v) is 6.16. The predicted molar refractivity (Wildman–Crippen MR) is 67.9 cm³/mol. The van der Waals surface area contributed by atoms with Crippen LogP contribution in [0.3, 0.4) is 0 Å². The zero-order valence-corrected chi connectivity index (χ0v) is 10.8. The molecule has 7 heteroatoms. The number of rotatable bonds is 4. The summed E-state index contributed by atoms with van der Waals surface area (Å²) in [5.41, 5.74) is 2.47. The number of furan rings is 1. The van der Waals surface area contributed by atoms with Crippen molar-refractivity contribution < 1.29 is 14.0 Å². The molecule has 1 aromatic heterocycles. The van der Waals surface area contributed by atoms with Gasteiger partial charge in [0.25, 0.3) is 5.91 Å². The van der Waals surface area contributed by atoms with Crippen LogP contribution in [0, 0.1) is 0 Å². The summed E-state index contributed by atoms with van der Waals surface area (Å²) >= 11 is 0. The summed E-state index contributed by atoms with van der Waals surface area (Å²) < 4.78 is 5.32. The maximum Gasteiger partial charge on any atom is 0.268 e. The van der Waals surface area contributed by atoms with Gasteiger partial charge in [-0.3, -0.25) is 19.9 Å². The number of nitrogens with one attached hydrogen (secondary N) is 2. The smallest absolute Gasteiger partial charge is 0.268 e. The zero-order valence-electron chi connectivity index (χ0n) is 10.8. The Morgan fingerprint density at radius 2 is 2.37 bits per heavy atom. The lowest BCUT2D eigenvalue weighted by atomic mass is 10.2. The summed E-state index contributed by atoms with van der Waals surface area (Å²) in [7, 11) is 0. The van der Waals surface area contributed by atoms with Gasteiger partial charge in [0.05, 0.1) is 12.1 Å². The lowest BCUT2D eigenvalue weighted by Gasteiger charge is -2.14. The minimum Gasteiger partial charge on any atom is -0.467 e. The molecular weight excluding hydrogens is 248 g/mol. The molecule has 0 radical (unpaired) electrons. The number of nitrogens with zero attached hydrogens (tertiary/aromatic N) is 1. The molecule has 2 rings (SSSR count). The standard InChI is InChI=1S/C12H18N4O3/c1-8(17)14-10-2-3-16(5-10)6-11-4-9(7-19-11)12(18)15-13/h4,7,10H,2-3,5-6,13H2,1H3,(H,14,17)(H,15,18). The molecule has 2 heterocycles. The van der Waals surface area contributed by atoms with Crippen molar-refractivity contribution in [1.82, 2.24) is 15.6 Å². The number of hydrogen-bond acceptors (Lipinski definition) is 5. The van der Waals surface area contributed by atoms with Gasteiger partial charge in [-0.05, 0) is 12.5 Å². The van der Waals surface area contributed by atoms with E-state index in [9.17, 15) is 9.59 Å². The van der Waals surface area contributed by atoms with Gasteiger partial charge < -0.3 is 9.73 Å². The first-order valence-electron chi connectivity index (χ1n) is 6.16. The maximum absolute atomic E-state index is 11.3. The Kier molecular flexibility index (Phi) is 4.18. The number of hydrogen-bond donors (Lipinski definition) is 3. The molecule has 1 aliphatic heterocycles. The van der Waals surface area contributed by atoms with Gasteiger partial charge in [0.1, 0.15) is 12.0 Å². The fraction of sp³-hybridized carbons (Fsp3) is 0.500. The van der Waals surface area contributed by atoms with E-state index in [-0.39, 0.29) is 17.9 Å². The van der Waals surface area contributed by atoms with Crippen LogP contribution in [-0.2, 0) is 11.3 Å². The molecule has 1 unspecified atom stereocenters. The van der Waals surface area contributed by atoms with E-state index in [1.165, 1.54) is 13.2 Å². The van der Waals surface area contributed by atoms with E-state index < -0.39 is 0 Å². The van der Waals surface area contributed by atoms with Crippen LogP contribution in [0.15, 0.2) is 16.7 Å². The number of nitrogens with two attached hydrogens (primary N) is 1. The topological polar surface area (TPSA) is 101 Å². The minimum atomic E-state index is -0.368. The van der Waals surface area contributed by atoms with Crippen LogP contribution >= 0.6 is 0 Å². The summed E-state index contributed by atoms with van der Waals surface area (Å²) in [5, 5.41) is 2.90. The first kappa shape index (κ1) is 13.6. The van der Waals surface area contributed by atoms with Crippen molar-refractivity contribution in [2.75, 3.05) is 13.1 Å². The van der Waals surface area contributed by atoms with Gasteiger partial charge in [0.2, 0.25) is 5.91 Å². The normalized spacial score (nSPS) is 19.4. The van der Waals surface area contributed by atoms with Crippen molar-refractivity contribution in [3.8, 4) is 0 Å². The second kappa shape index (κ2) is 5.85. The molecule has 1 saturated heterocycles. The molecular formula is C12H18N4O3. The molecule has 1 atom stereocenters. The molecule has 0 aromatic carbocycles. The van der Waals surface area contributed by atoms with Crippen molar-refractivity contribution in [3.05, 3.63) is 23.7 Å². The molecule has 2 amide bonds. The number of carbonyl (C=O) groups is 2. The summed E-state index contributed by atoms with van der Waals surface area (Å²) in [4.78, 5) is 24.4. The molecule has 0 aliphatic carbocycles. The van der Waals surface area contributed by atoms with Crippen LogP contribution in [0.1, 0.15) is 29.5 Å². The van der Waals surface area contributed by atoms with Crippen molar-refractivity contribution in [2.45, 2.75) is 25.9 Å². The third kappa shape index (κ3) is 3.55. The number of amides is 2. The lowest BCUT2D eigenvalue weighted by Crippen LogP contribution is -2.35. The Morgan fingerprint density at radius 1 is 1.58 bits per heavy atom. The molecule has 0 bridgehead atoms. The quantitative estimate of drug-likeness (QED) is 0.391. The minimum absolute atomic E-state index is 0.00764. The maximum atomic E-state index is 11.3. The van der Waals surface area contributed by atoms with Crippen molar-refractivity contribution in [1.29, 1.82) is 0 Å². The average molecular weight is 266 g/mol. The van der Waals surface area contributed by atoms with Crippen molar-refractivity contribution in [3.63, 3.8) is 0 Å². The van der Waals surface area contributed by atoms with Crippen LogP contribution < -0.4 is 16.6 Å². The predicted octanol–water partition coefficient (Wildman–Crippen LogP) is -0.406. The molecule has 104 valence electrons. The molecule has 19 heavy (non-hydrogen) atoms. The second-order valence-electron chi connectivity index (χ2n) is 4.70. The van der Waals surface area contributed by atoms with Crippen LogP contribution in [0.5, 0.6) is 0 Å². The molecule has 7 nitrogen and oxygen atoms in total. The number of hydrazine groups is 1. The zero-order chi connectivity index (χ0) is 13.8.